The Labute approximate surface area is 112 Å². The number of nitrogens with zero attached hydrogens (tertiary/aromatic N) is 3. The van der Waals surface area contributed by atoms with Crippen LogP contribution in [-0.4, -0.2) is 39.7 Å². The number of carbonyl (C=O) groups is 1. The molecule has 2 rings (SSSR count). The van der Waals surface area contributed by atoms with Crippen LogP contribution >= 0.6 is 0 Å². The second-order valence-corrected chi connectivity index (χ2v) is 5.15. The first-order valence-corrected chi connectivity index (χ1v) is 6.63. The first-order valence-electron chi connectivity index (χ1n) is 6.63. The molecule has 2 N–H and O–H groups in total. The van der Waals surface area contributed by atoms with Crippen LogP contribution in [0.5, 0.6) is 0 Å². The van der Waals surface area contributed by atoms with E-state index in [4.69, 9.17) is 5.11 Å². The fourth-order valence-electron chi connectivity index (χ4n) is 2.43. The molecule has 0 aromatic carbocycles. The van der Waals surface area contributed by atoms with E-state index in [1.165, 1.54) is 6.33 Å². The summed E-state index contributed by atoms with van der Waals surface area (Å²) >= 11 is 0. The molecular formula is C13H20N4O2. The van der Waals surface area contributed by atoms with Crippen LogP contribution < -0.4 is 10.2 Å². The molecule has 0 spiro atoms. The molecule has 2 heterocycles. The molecule has 1 saturated heterocycles. The largest absolute Gasteiger partial charge is 0.481 e. The van der Waals surface area contributed by atoms with E-state index < -0.39 is 5.97 Å². The fourth-order valence-corrected chi connectivity index (χ4v) is 2.43. The molecule has 6 heteroatoms. The van der Waals surface area contributed by atoms with Crippen molar-refractivity contribution < 1.29 is 9.90 Å². The summed E-state index contributed by atoms with van der Waals surface area (Å²) in [7, 11) is 0. The van der Waals surface area contributed by atoms with Gasteiger partial charge in [-0.3, -0.25) is 4.79 Å². The van der Waals surface area contributed by atoms with Gasteiger partial charge in [0.05, 0.1) is 6.42 Å². The maximum absolute atomic E-state index is 10.9. The van der Waals surface area contributed by atoms with E-state index in [1.807, 2.05) is 19.9 Å². The first kappa shape index (κ1) is 13.6. The molecule has 1 atom stereocenters. The van der Waals surface area contributed by atoms with Gasteiger partial charge in [-0.05, 0) is 26.7 Å². The number of carboxylic acids is 1. The van der Waals surface area contributed by atoms with Gasteiger partial charge in [-0.25, -0.2) is 9.97 Å². The summed E-state index contributed by atoms with van der Waals surface area (Å²) < 4.78 is 0. The maximum atomic E-state index is 10.9. The molecule has 1 aliphatic heterocycles. The zero-order valence-corrected chi connectivity index (χ0v) is 11.3. The lowest BCUT2D eigenvalue weighted by molar-refractivity contribution is -0.137. The Morgan fingerprint density at radius 2 is 2.37 bits per heavy atom. The molecule has 6 nitrogen and oxygen atoms in total. The number of aliphatic carboxylic acids is 1. The van der Waals surface area contributed by atoms with Crippen molar-refractivity contribution in [3.63, 3.8) is 0 Å². The Morgan fingerprint density at radius 3 is 3.05 bits per heavy atom. The van der Waals surface area contributed by atoms with Crippen LogP contribution in [0.3, 0.4) is 0 Å². The Balaban J connectivity index is 2.13. The van der Waals surface area contributed by atoms with Crippen LogP contribution in [0, 0.1) is 0 Å². The molecule has 1 unspecified atom stereocenters. The second kappa shape index (κ2) is 5.86. The van der Waals surface area contributed by atoms with E-state index >= 15 is 0 Å². The van der Waals surface area contributed by atoms with Crippen molar-refractivity contribution >= 4 is 17.6 Å². The number of hydrogen-bond donors (Lipinski definition) is 2. The van der Waals surface area contributed by atoms with Gasteiger partial charge >= 0.3 is 5.97 Å². The van der Waals surface area contributed by atoms with E-state index in [9.17, 15) is 4.79 Å². The Hall–Kier alpha value is -1.85. The topological polar surface area (TPSA) is 78.4 Å². The summed E-state index contributed by atoms with van der Waals surface area (Å²) in [5.74, 6) is 0.828. The van der Waals surface area contributed by atoms with E-state index in [1.54, 1.807) is 0 Å². The minimum Gasteiger partial charge on any atom is -0.481 e. The van der Waals surface area contributed by atoms with Crippen LogP contribution in [0.15, 0.2) is 12.4 Å². The monoisotopic (exact) mass is 264 g/mol. The predicted molar refractivity (Wildman–Crippen MR) is 73.4 cm³/mol. The fraction of sp³-hybridized carbons (Fsp3) is 0.615. The summed E-state index contributed by atoms with van der Waals surface area (Å²) in [5.41, 5.74) is 0. The number of aromatic nitrogens is 2. The zero-order valence-electron chi connectivity index (χ0n) is 11.3. The zero-order chi connectivity index (χ0) is 13.8. The number of carboxylic acid groups (broad SMARTS) is 1. The van der Waals surface area contributed by atoms with Gasteiger partial charge < -0.3 is 15.3 Å². The molecule has 0 saturated carbocycles. The smallest absolute Gasteiger partial charge is 0.305 e. The predicted octanol–water partition coefficient (Wildman–Crippen LogP) is 1.74. The van der Waals surface area contributed by atoms with Crippen LogP contribution in [-0.2, 0) is 4.79 Å². The van der Waals surface area contributed by atoms with Gasteiger partial charge in [0.25, 0.3) is 0 Å². The minimum atomic E-state index is -0.758. The molecule has 0 aliphatic carbocycles. The van der Waals surface area contributed by atoms with E-state index in [-0.39, 0.29) is 12.5 Å². The molecule has 104 valence electrons. The van der Waals surface area contributed by atoms with Gasteiger partial charge in [0.15, 0.2) is 0 Å². The Kier molecular flexibility index (Phi) is 4.19. The van der Waals surface area contributed by atoms with Crippen molar-refractivity contribution in [1.82, 2.24) is 9.97 Å². The van der Waals surface area contributed by atoms with Gasteiger partial charge in [0.1, 0.15) is 18.0 Å². The number of hydrogen-bond acceptors (Lipinski definition) is 5. The number of nitrogens with one attached hydrogen (secondary N) is 1. The first-order chi connectivity index (χ1) is 9.06. The molecule has 0 amide bonds. The summed E-state index contributed by atoms with van der Waals surface area (Å²) in [6.45, 7) is 4.95. The SMILES string of the molecule is CC(C)Nc1cc(N2CCCC2CC(=O)O)ncn1. The quantitative estimate of drug-likeness (QED) is 0.843. The standard InChI is InChI=1S/C13H20N4O2/c1-9(2)16-11-7-12(15-8-14-11)17-5-3-4-10(17)6-13(18)19/h7-10H,3-6H2,1-2H3,(H,18,19)(H,14,15,16). The van der Waals surface area contributed by atoms with Crippen molar-refractivity contribution in [2.24, 2.45) is 0 Å². The van der Waals surface area contributed by atoms with E-state index in [0.29, 0.717) is 6.04 Å². The molecule has 0 radical (unpaired) electrons. The molecule has 1 fully saturated rings. The molecule has 0 bridgehead atoms. The van der Waals surface area contributed by atoms with Crippen molar-refractivity contribution in [1.29, 1.82) is 0 Å². The molecule has 1 aliphatic rings. The van der Waals surface area contributed by atoms with Crippen LogP contribution in [0.1, 0.15) is 33.1 Å². The average Bonchev–Trinajstić information content (AvgIpc) is 2.75. The summed E-state index contributed by atoms with van der Waals surface area (Å²) in [6.07, 6.45) is 3.60. The highest BCUT2D eigenvalue weighted by molar-refractivity contribution is 5.68. The highest BCUT2D eigenvalue weighted by Crippen LogP contribution is 2.26. The minimum absolute atomic E-state index is 0.0410. The lowest BCUT2D eigenvalue weighted by atomic mass is 10.1. The number of anilines is 2. The normalized spacial score (nSPS) is 18.9. The number of rotatable bonds is 5. The Bertz CT molecular complexity index is 450. The van der Waals surface area contributed by atoms with Gasteiger partial charge in [-0.1, -0.05) is 0 Å². The van der Waals surface area contributed by atoms with Crippen LogP contribution in [0.25, 0.3) is 0 Å². The van der Waals surface area contributed by atoms with E-state index in [0.717, 1.165) is 31.0 Å². The molecular weight excluding hydrogens is 244 g/mol. The third-order valence-corrected chi connectivity index (χ3v) is 3.17. The van der Waals surface area contributed by atoms with Crippen LogP contribution in [0.2, 0.25) is 0 Å². The summed E-state index contributed by atoms with van der Waals surface area (Å²) in [6, 6.07) is 2.23. The van der Waals surface area contributed by atoms with Gasteiger partial charge in [0, 0.05) is 24.7 Å². The van der Waals surface area contributed by atoms with Crippen LogP contribution in [0.4, 0.5) is 11.6 Å². The summed E-state index contributed by atoms with van der Waals surface area (Å²) in [4.78, 5) is 21.4. The lowest BCUT2D eigenvalue weighted by Gasteiger charge is -2.24. The maximum Gasteiger partial charge on any atom is 0.305 e. The second-order valence-electron chi connectivity index (χ2n) is 5.15. The van der Waals surface area contributed by atoms with Crippen molar-refractivity contribution in [2.75, 3.05) is 16.8 Å². The lowest BCUT2D eigenvalue weighted by Crippen LogP contribution is -2.32. The highest BCUT2D eigenvalue weighted by Gasteiger charge is 2.27. The average molecular weight is 264 g/mol. The Morgan fingerprint density at radius 1 is 1.58 bits per heavy atom. The summed E-state index contributed by atoms with van der Waals surface area (Å²) in [5, 5.41) is 12.2. The van der Waals surface area contributed by atoms with Gasteiger partial charge in [-0.15, -0.1) is 0 Å². The third kappa shape index (κ3) is 3.56. The van der Waals surface area contributed by atoms with Crippen molar-refractivity contribution in [3.05, 3.63) is 12.4 Å². The molecule has 19 heavy (non-hydrogen) atoms. The van der Waals surface area contributed by atoms with Crippen molar-refractivity contribution in [3.8, 4) is 0 Å². The third-order valence-electron chi connectivity index (χ3n) is 3.17. The van der Waals surface area contributed by atoms with Gasteiger partial charge in [0.2, 0.25) is 0 Å². The van der Waals surface area contributed by atoms with Gasteiger partial charge in [-0.2, -0.15) is 0 Å². The van der Waals surface area contributed by atoms with Crippen molar-refractivity contribution in [2.45, 2.75) is 45.2 Å². The van der Waals surface area contributed by atoms with E-state index in [2.05, 4.69) is 20.2 Å². The molecule has 1 aromatic heterocycles. The highest BCUT2D eigenvalue weighted by atomic mass is 16.4. The molecule has 1 aromatic rings.